The Kier molecular flexibility index (Phi) is 7.01. The lowest BCUT2D eigenvalue weighted by Crippen LogP contribution is -2.45. The first kappa shape index (κ1) is 20.0. The fraction of sp³-hybridized carbons (Fsp3) is 0.421. The lowest BCUT2D eigenvalue weighted by atomic mass is 10.1. The molecule has 3 rings (SSSR count). The van der Waals surface area contributed by atoms with Crippen LogP contribution in [0.3, 0.4) is 0 Å². The van der Waals surface area contributed by atoms with Crippen molar-refractivity contribution in [2.24, 2.45) is 7.05 Å². The molecule has 1 saturated heterocycles. The second-order valence-corrected chi connectivity index (χ2v) is 7.22. The molecule has 1 amide bonds. The van der Waals surface area contributed by atoms with Crippen LogP contribution in [0.1, 0.15) is 11.7 Å². The van der Waals surface area contributed by atoms with Crippen molar-refractivity contribution in [3.8, 4) is 5.75 Å². The summed E-state index contributed by atoms with van der Waals surface area (Å²) in [4.78, 5) is 14.6. The number of nitrogens with one attached hydrogen (secondary N) is 1. The zero-order valence-electron chi connectivity index (χ0n) is 15.2. The van der Waals surface area contributed by atoms with Gasteiger partial charge in [-0.05, 0) is 30.3 Å². The number of carbonyl (C=O) groups excluding carboxylic acids is 1. The third-order valence-electron chi connectivity index (χ3n) is 4.56. The predicted molar refractivity (Wildman–Crippen MR) is 106 cm³/mol. The molecular weight excluding hydrogens is 389 g/mol. The fourth-order valence-electron chi connectivity index (χ4n) is 3.13. The number of carbonyl (C=O) groups is 1. The monoisotopic (exact) mass is 411 g/mol. The molecular formula is C19H23Cl2N3O3. The number of ether oxygens (including phenoxy) is 2. The highest BCUT2D eigenvalue weighted by Crippen LogP contribution is 2.27. The summed E-state index contributed by atoms with van der Waals surface area (Å²) in [5.74, 6) is 0.233. The minimum atomic E-state index is -0.200. The molecule has 27 heavy (non-hydrogen) atoms. The van der Waals surface area contributed by atoms with Gasteiger partial charge in [0, 0.05) is 43.6 Å². The lowest BCUT2D eigenvalue weighted by molar-refractivity contribution is -0.123. The van der Waals surface area contributed by atoms with Gasteiger partial charge < -0.3 is 19.4 Å². The van der Waals surface area contributed by atoms with Crippen LogP contribution in [0.25, 0.3) is 0 Å². The summed E-state index contributed by atoms with van der Waals surface area (Å²) in [5, 5.41) is 3.87. The third-order valence-corrected chi connectivity index (χ3v) is 5.09. The second kappa shape index (κ2) is 9.46. The van der Waals surface area contributed by atoms with Gasteiger partial charge in [-0.1, -0.05) is 23.2 Å². The van der Waals surface area contributed by atoms with Crippen molar-refractivity contribution >= 4 is 29.1 Å². The van der Waals surface area contributed by atoms with E-state index in [0.29, 0.717) is 35.6 Å². The largest absolute Gasteiger partial charge is 0.482 e. The molecule has 0 bridgehead atoms. The zero-order valence-corrected chi connectivity index (χ0v) is 16.7. The lowest BCUT2D eigenvalue weighted by Gasteiger charge is -2.34. The van der Waals surface area contributed by atoms with Crippen LogP contribution in [-0.2, 0) is 16.6 Å². The summed E-state index contributed by atoms with van der Waals surface area (Å²) in [6.07, 6.45) is 2.01. The highest BCUT2D eigenvalue weighted by Gasteiger charge is 2.25. The molecule has 0 saturated carbocycles. The van der Waals surface area contributed by atoms with Gasteiger partial charge in [0.1, 0.15) is 5.75 Å². The summed E-state index contributed by atoms with van der Waals surface area (Å²) in [6, 6.07) is 9.08. The van der Waals surface area contributed by atoms with Crippen LogP contribution < -0.4 is 10.1 Å². The maximum atomic E-state index is 12.3. The number of halogens is 2. The molecule has 1 atom stereocenters. The molecule has 8 heteroatoms. The Balaban J connectivity index is 1.57. The van der Waals surface area contributed by atoms with E-state index in [1.54, 1.807) is 18.2 Å². The Morgan fingerprint density at radius 1 is 1.30 bits per heavy atom. The van der Waals surface area contributed by atoms with Gasteiger partial charge in [0.05, 0.1) is 24.3 Å². The van der Waals surface area contributed by atoms with Crippen LogP contribution in [-0.4, -0.2) is 54.8 Å². The standard InChI is InChI=1S/C19H23Cl2N3O3/c1-23-6-2-3-16(23)17(24-7-9-26-10-8-24)12-22-19(25)13-27-18-5-4-14(20)11-15(18)21/h2-6,11,17H,7-10,12-13H2,1H3,(H,22,25)/t17-/m0/s1. The number of hydrogen-bond donors (Lipinski definition) is 1. The first-order valence-corrected chi connectivity index (χ1v) is 9.58. The van der Waals surface area contributed by atoms with Crippen molar-refractivity contribution in [2.75, 3.05) is 39.5 Å². The Hall–Kier alpha value is -1.73. The quantitative estimate of drug-likeness (QED) is 0.760. The second-order valence-electron chi connectivity index (χ2n) is 6.38. The molecule has 0 spiro atoms. The smallest absolute Gasteiger partial charge is 0.258 e. The Labute approximate surface area is 168 Å². The predicted octanol–water partition coefficient (Wildman–Crippen LogP) is 2.90. The number of nitrogens with zero attached hydrogens (tertiary/aromatic N) is 2. The van der Waals surface area contributed by atoms with E-state index < -0.39 is 0 Å². The maximum absolute atomic E-state index is 12.3. The normalized spacial score (nSPS) is 16.1. The number of rotatable bonds is 7. The molecule has 0 unspecified atom stereocenters. The van der Waals surface area contributed by atoms with E-state index >= 15 is 0 Å². The Bertz CT molecular complexity index is 775. The van der Waals surface area contributed by atoms with Gasteiger partial charge in [-0.3, -0.25) is 9.69 Å². The molecule has 0 radical (unpaired) electrons. The number of aryl methyl sites for hydroxylation is 1. The first-order valence-electron chi connectivity index (χ1n) is 8.82. The molecule has 1 aliphatic heterocycles. The number of benzene rings is 1. The highest BCUT2D eigenvalue weighted by atomic mass is 35.5. The van der Waals surface area contributed by atoms with Crippen molar-refractivity contribution in [2.45, 2.75) is 6.04 Å². The molecule has 2 aromatic rings. The summed E-state index contributed by atoms with van der Waals surface area (Å²) < 4.78 is 13.0. The average Bonchev–Trinajstić information content (AvgIpc) is 3.08. The van der Waals surface area contributed by atoms with Gasteiger partial charge in [-0.2, -0.15) is 0 Å². The van der Waals surface area contributed by atoms with Gasteiger partial charge in [-0.25, -0.2) is 0 Å². The summed E-state index contributed by atoms with van der Waals surface area (Å²) in [5.41, 5.74) is 1.15. The van der Waals surface area contributed by atoms with Crippen LogP contribution >= 0.6 is 23.2 Å². The van der Waals surface area contributed by atoms with Gasteiger partial charge in [0.25, 0.3) is 5.91 Å². The van der Waals surface area contributed by atoms with Gasteiger partial charge in [0.2, 0.25) is 0 Å². The molecule has 2 heterocycles. The van der Waals surface area contributed by atoms with Crippen molar-refractivity contribution in [3.63, 3.8) is 0 Å². The molecule has 1 aromatic carbocycles. The molecule has 146 valence electrons. The number of morpholine rings is 1. The van der Waals surface area contributed by atoms with E-state index in [1.807, 2.05) is 19.3 Å². The van der Waals surface area contributed by atoms with Crippen molar-refractivity contribution < 1.29 is 14.3 Å². The molecule has 1 aliphatic rings. The number of amides is 1. The van der Waals surface area contributed by atoms with E-state index in [9.17, 15) is 4.79 Å². The SMILES string of the molecule is Cn1cccc1[C@H](CNC(=O)COc1ccc(Cl)cc1Cl)N1CCOCC1. The fourth-order valence-corrected chi connectivity index (χ4v) is 3.59. The summed E-state index contributed by atoms with van der Waals surface area (Å²) >= 11 is 11.9. The van der Waals surface area contributed by atoms with Crippen LogP contribution in [0.15, 0.2) is 36.5 Å². The van der Waals surface area contributed by atoms with Crippen LogP contribution in [0.4, 0.5) is 0 Å². The third kappa shape index (κ3) is 5.39. The summed E-state index contributed by atoms with van der Waals surface area (Å²) in [6.45, 7) is 3.46. The molecule has 1 N–H and O–H groups in total. The number of aromatic nitrogens is 1. The summed E-state index contributed by atoms with van der Waals surface area (Å²) in [7, 11) is 2.01. The maximum Gasteiger partial charge on any atom is 0.258 e. The molecule has 1 aromatic heterocycles. The Morgan fingerprint density at radius 3 is 2.74 bits per heavy atom. The van der Waals surface area contributed by atoms with Crippen molar-refractivity contribution in [3.05, 3.63) is 52.3 Å². The minimum absolute atomic E-state index is 0.0805. The first-order chi connectivity index (χ1) is 13.0. The minimum Gasteiger partial charge on any atom is -0.482 e. The van der Waals surface area contributed by atoms with Crippen LogP contribution in [0.5, 0.6) is 5.75 Å². The van der Waals surface area contributed by atoms with E-state index in [0.717, 1.165) is 18.8 Å². The topological polar surface area (TPSA) is 55.7 Å². The van der Waals surface area contributed by atoms with E-state index in [2.05, 4.69) is 20.9 Å². The van der Waals surface area contributed by atoms with E-state index in [-0.39, 0.29) is 18.6 Å². The van der Waals surface area contributed by atoms with Gasteiger partial charge in [-0.15, -0.1) is 0 Å². The zero-order chi connectivity index (χ0) is 19.2. The average molecular weight is 412 g/mol. The van der Waals surface area contributed by atoms with Crippen LogP contribution in [0.2, 0.25) is 10.0 Å². The number of hydrogen-bond acceptors (Lipinski definition) is 4. The van der Waals surface area contributed by atoms with E-state index in [4.69, 9.17) is 32.7 Å². The van der Waals surface area contributed by atoms with Crippen molar-refractivity contribution in [1.82, 2.24) is 14.8 Å². The van der Waals surface area contributed by atoms with Gasteiger partial charge >= 0.3 is 0 Å². The molecule has 6 nitrogen and oxygen atoms in total. The van der Waals surface area contributed by atoms with E-state index in [1.165, 1.54) is 0 Å². The Morgan fingerprint density at radius 2 is 2.07 bits per heavy atom. The molecule has 1 fully saturated rings. The van der Waals surface area contributed by atoms with Crippen molar-refractivity contribution in [1.29, 1.82) is 0 Å². The highest BCUT2D eigenvalue weighted by molar-refractivity contribution is 6.35. The molecule has 0 aliphatic carbocycles. The van der Waals surface area contributed by atoms with Gasteiger partial charge in [0.15, 0.2) is 6.61 Å². The van der Waals surface area contributed by atoms with Crippen LogP contribution in [0, 0.1) is 0 Å².